The lowest BCUT2D eigenvalue weighted by Crippen LogP contribution is -2.35. The molecule has 0 radical (unpaired) electrons. The average molecular weight is 319 g/mol. The zero-order valence-corrected chi connectivity index (χ0v) is 13.3. The Morgan fingerprint density at radius 1 is 1.45 bits per heavy atom. The van der Waals surface area contributed by atoms with E-state index in [0.29, 0.717) is 6.54 Å². The van der Waals surface area contributed by atoms with Gasteiger partial charge in [-0.15, -0.1) is 11.3 Å². The number of nitrogens with one attached hydrogen (secondary N) is 2. The van der Waals surface area contributed by atoms with Crippen LogP contribution in [0.3, 0.4) is 0 Å². The van der Waals surface area contributed by atoms with E-state index in [-0.39, 0.29) is 29.1 Å². The Hall–Kier alpha value is -0.960. The van der Waals surface area contributed by atoms with Gasteiger partial charge in [-0.3, -0.25) is 4.79 Å². The second kappa shape index (κ2) is 7.72. The fourth-order valence-electron chi connectivity index (χ4n) is 1.43. The number of hydrogen-bond acceptors (Lipinski definition) is 5. The lowest BCUT2D eigenvalue weighted by molar-refractivity contribution is -0.121. The third-order valence-electron chi connectivity index (χ3n) is 2.77. The summed E-state index contributed by atoms with van der Waals surface area (Å²) >= 11 is 1.14. The summed E-state index contributed by atoms with van der Waals surface area (Å²) < 4.78 is 26.5. The van der Waals surface area contributed by atoms with Crippen molar-refractivity contribution in [1.82, 2.24) is 10.0 Å². The number of nitrogens with two attached hydrogens (primary N) is 1. The number of thiophene rings is 1. The minimum absolute atomic E-state index is 0.0838. The van der Waals surface area contributed by atoms with Gasteiger partial charge in [-0.1, -0.05) is 6.92 Å². The first-order valence-electron chi connectivity index (χ1n) is 6.46. The van der Waals surface area contributed by atoms with E-state index in [1.54, 1.807) is 6.07 Å². The zero-order chi connectivity index (χ0) is 15.2. The number of carbonyl (C=O) groups excluding carboxylic acids is 1. The van der Waals surface area contributed by atoms with Crippen molar-refractivity contribution in [2.75, 3.05) is 6.54 Å². The maximum absolute atomic E-state index is 11.9. The molecule has 0 saturated heterocycles. The van der Waals surface area contributed by atoms with Crippen LogP contribution in [0, 0.1) is 0 Å². The molecule has 1 rings (SSSR count). The molecule has 0 spiro atoms. The molecule has 0 aliphatic rings. The highest BCUT2D eigenvalue weighted by molar-refractivity contribution is 7.91. The first-order valence-corrected chi connectivity index (χ1v) is 8.76. The summed E-state index contributed by atoms with van der Waals surface area (Å²) in [6.45, 7) is 4.28. The normalized spacial score (nSPS) is 13.2. The van der Waals surface area contributed by atoms with Crippen LogP contribution in [0.2, 0.25) is 0 Å². The Balaban J connectivity index is 2.46. The summed E-state index contributed by atoms with van der Waals surface area (Å²) in [5.74, 6) is -0.157. The van der Waals surface area contributed by atoms with Crippen molar-refractivity contribution in [2.45, 2.75) is 43.5 Å². The number of carbonyl (C=O) groups is 1. The lowest BCUT2D eigenvalue weighted by atomic mass is 10.2. The summed E-state index contributed by atoms with van der Waals surface area (Å²) in [5, 5.41) is 2.78. The van der Waals surface area contributed by atoms with Crippen LogP contribution < -0.4 is 15.8 Å². The quantitative estimate of drug-likeness (QED) is 0.659. The Morgan fingerprint density at radius 2 is 2.15 bits per heavy atom. The third kappa shape index (κ3) is 5.20. The predicted octanol–water partition coefficient (Wildman–Crippen LogP) is 0.790. The monoisotopic (exact) mass is 319 g/mol. The second-order valence-corrected chi connectivity index (χ2v) is 7.61. The van der Waals surface area contributed by atoms with Crippen LogP contribution in [-0.2, 0) is 21.4 Å². The largest absolute Gasteiger partial charge is 0.354 e. The molecular weight excluding hydrogens is 298 g/mol. The van der Waals surface area contributed by atoms with Crippen molar-refractivity contribution >= 4 is 27.3 Å². The van der Waals surface area contributed by atoms with Crippen LogP contribution in [0.25, 0.3) is 0 Å². The van der Waals surface area contributed by atoms with Gasteiger partial charge in [0.15, 0.2) is 0 Å². The first-order chi connectivity index (χ1) is 9.39. The van der Waals surface area contributed by atoms with Crippen molar-refractivity contribution in [3.05, 3.63) is 17.0 Å². The van der Waals surface area contributed by atoms with Gasteiger partial charge in [0.05, 0.1) is 0 Å². The van der Waals surface area contributed by atoms with Crippen LogP contribution in [0.15, 0.2) is 16.3 Å². The summed E-state index contributed by atoms with van der Waals surface area (Å²) in [4.78, 5) is 12.3. The highest BCUT2D eigenvalue weighted by atomic mass is 32.2. The SMILES string of the molecule is CCC(C)NC(=O)CCNS(=O)(=O)c1ccc(CN)s1. The molecule has 1 amide bonds. The van der Waals surface area contributed by atoms with E-state index in [0.717, 1.165) is 22.6 Å². The standard InChI is InChI=1S/C12H21N3O3S2/c1-3-9(2)15-11(16)6-7-14-20(17,18)12-5-4-10(8-13)19-12/h4-5,9,14H,3,6-8,13H2,1-2H3,(H,15,16). The van der Waals surface area contributed by atoms with E-state index in [1.165, 1.54) is 6.07 Å². The number of rotatable bonds is 8. The van der Waals surface area contributed by atoms with Crippen LogP contribution in [0.1, 0.15) is 31.6 Å². The Labute approximate surface area is 123 Å². The molecule has 114 valence electrons. The van der Waals surface area contributed by atoms with Gasteiger partial charge in [-0.25, -0.2) is 13.1 Å². The van der Waals surface area contributed by atoms with Gasteiger partial charge < -0.3 is 11.1 Å². The molecule has 0 bridgehead atoms. The van der Waals surface area contributed by atoms with Gasteiger partial charge in [0.25, 0.3) is 0 Å². The van der Waals surface area contributed by atoms with Gasteiger partial charge in [-0.2, -0.15) is 0 Å². The Bertz CT molecular complexity index is 540. The molecule has 0 aromatic carbocycles. The average Bonchev–Trinajstić information content (AvgIpc) is 2.87. The molecule has 6 nitrogen and oxygen atoms in total. The fourth-order valence-corrected chi connectivity index (χ4v) is 3.74. The van der Waals surface area contributed by atoms with Gasteiger partial charge in [0, 0.05) is 30.4 Å². The predicted molar refractivity (Wildman–Crippen MR) is 79.9 cm³/mol. The Kier molecular flexibility index (Phi) is 6.60. The summed E-state index contributed by atoms with van der Waals surface area (Å²) in [5.41, 5.74) is 5.45. The maximum Gasteiger partial charge on any atom is 0.250 e. The van der Waals surface area contributed by atoms with E-state index in [4.69, 9.17) is 5.73 Å². The van der Waals surface area contributed by atoms with E-state index in [1.807, 2.05) is 13.8 Å². The molecule has 0 aliphatic carbocycles. The molecule has 0 fully saturated rings. The molecule has 0 aliphatic heterocycles. The molecular formula is C12H21N3O3S2. The maximum atomic E-state index is 11.9. The summed E-state index contributed by atoms with van der Waals surface area (Å²) in [7, 11) is -3.55. The van der Waals surface area contributed by atoms with Crippen molar-refractivity contribution in [3.63, 3.8) is 0 Å². The second-order valence-electron chi connectivity index (χ2n) is 4.45. The van der Waals surface area contributed by atoms with Crippen LogP contribution in [-0.4, -0.2) is 26.9 Å². The van der Waals surface area contributed by atoms with Crippen LogP contribution in [0.5, 0.6) is 0 Å². The number of hydrogen-bond donors (Lipinski definition) is 3. The number of sulfonamides is 1. The molecule has 0 saturated carbocycles. The molecule has 8 heteroatoms. The van der Waals surface area contributed by atoms with E-state index in [2.05, 4.69) is 10.0 Å². The van der Waals surface area contributed by atoms with E-state index in [9.17, 15) is 13.2 Å². The topological polar surface area (TPSA) is 101 Å². The highest BCUT2D eigenvalue weighted by Gasteiger charge is 2.16. The van der Waals surface area contributed by atoms with Crippen molar-refractivity contribution in [2.24, 2.45) is 5.73 Å². The molecule has 1 heterocycles. The molecule has 1 aromatic heterocycles. The Morgan fingerprint density at radius 3 is 2.70 bits per heavy atom. The lowest BCUT2D eigenvalue weighted by Gasteiger charge is -2.11. The van der Waals surface area contributed by atoms with Crippen LogP contribution >= 0.6 is 11.3 Å². The minimum atomic E-state index is -3.55. The first kappa shape index (κ1) is 17.1. The summed E-state index contributed by atoms with van der Waals surface area (Å²) in [6, 6.07) is 3.31. The van der Waals surface area contributed by atoms with Gasteiger partial charge in [0.1, 0.15) is 4.21 Å². The van der Waals surface area contributed by atoms with E-state index >= 15 is 0 Å². The van der Waals surface area contributed by atoms with Crippen LogP contribution in [0.4, 0.5) is 0 Å². The molecule has 4 N–H and O–H groups in total. The van der Waals surface area contributed by atoms with Crippen molar-refractivity contribution < 1.29 is 13.2 Å². The van der Waals surface area contributed by atoms with Gasteiger partial charge in [0.2, 0.25) is 15.9 Å². The zero-order valence-electron chi connectivity index (χ0n) is 11.7. The van der Waals surface area contributed by atoms with Crippen molar-refractivity contribution in [3.8, 4) is 0 Å². The van der Waals surface area contributed by atoms with Gasteiger partial charge >= 0.3 is 0 Å². The fraction of sp³-hybridized carbons (Fsp3) is 0.583. The third-order valence-corrected chi connectivity index (χ3v) is 5.83. The number of amides is 1. The smallest absolute Gasteiger partial charge is 0.250 e. The minimum Gasteiger partial charge on any atom is -0.354 e. The molecule has 20 heavy (non-hydrogen) atoms. The van der Waals surface area contributed by atoms with Crippen molar-refractivity contribution in [1.29, 1.82) is 0 Å². The summed E-state index contributed by atoms with van der Waals surface area (Å²) in [6.07, 6.45) is 0.965. The highest BCUT2D eigenvalue weighted by Crippen LogP contribution is 2.20. The van der Waals surface area contributed by atoms with Gasteiger partial charge in [-0.05, 0) is 25.5 Å². The molecule has 1 unspecified atom stereocenters. The van der Waals surface area contributed by atoms with E-state index < -0.39 is 10.0 Å². The molecule has 1 aromatic rings. The molecule has 1 atom stereocenters.